The van der Waals surface area contributed by atoms with Gasteiger partial charge in [-0.1, -0.05) is 36.4 Å². The molecule has 0 aliphatic carbocycles. The van der Waals surface area contributed by atoms with Crippen LogP contribution in [0, 0.1) is 6.92 Å². The fourth-order valence-corrected chi connectivity index (χ4v) is 2.62. The van der Waals surface area contributed by atoms with E-state index in [1.165, 1.54) is 11.1 Å². The molecule has 2 heterocycles. The smallest absolute Gasteiger partial charge is 0.140 e. The van der Waals surface area contributed by atoms with Crippen LogP contribution in [0.1, 0.15) is 22.5 Å². The Labute approximate surface area is 119 Å². The number of rotatable bonds is 4. The molecular formula is C17H19N3. The maximum absolute atomic E-state index is 5.92. The van der Waals surface area contributed by atoms with Gasteiger partial charge >= 0.3 is 0 Å². The topological polar surface area (TPSA) is 43.3 Å². The summed E-state index contributed by atoms with van der Waals surface area (Å²) in [4.78, 5) is 4.78. The summed E-state index contributed by atoms with van der Waals surface area (Å²) in [6, 6.07) is 14.6. The second-order valence-electron chi connectivity index (χ2n) is 5.08. The van der Waals surface area contributed by atoms with E-state index in [0.717, 1.165) is 29.9 Å². The Morgan fingerprint density at radius 3 is 2.60 bits per heavy atom. The minimum atomic E-state index is 0.523. The molecule has 1 aromatic carbocycles. The van der Waals surface area contributed by atoms with Gasteiger partial charge in [0, 0.05) is 12.7 Å². The third kappa shape index (κ3) is 2.32. The lowest BCUT2D eigenvalue weighted by molar-refractivity contribution is 0.870. The highest BCUT2D eigenvalue weighted by Crippen LogP contribution is 2.17. The Hall–Kier alpha value is -2.13. The first-order chi connectivity index (χ1) is 9.79. The van der Waals surface area contributed by atoms with Crippen molar-refractivity contribution in [1.29, 1.82) is 0 Å². The van der Waals surface area contributed by atoms with Gasteiger partial charge in [0.25, 0.3) is 0 Å². The zero-order chi connectivity index (χ0) is 13.9. The maximum Gasteiger partial charge on any atom is 0.140 e. The van der Waals surface area contributed by atoms with Gasteiger partial charge in [0.1, 0.15) is 5.65 Å². The number of fused-ring (bicyclic) bond motifs is 1. The largest absolute Gasteiger partial charge is 0.325 e. The Kier molecular flexibility index (Phi) is 3.52. The number of hydrogen-bond acceptors (Lipinski definition) is 2. The normalized spacial score (nSPS) is 11.1. The van der Waals surface area contributed by atoms with E-state index >= 15 is 0 Å². The van der Waals surface area contributed by atoms with Crippen LogP contribution in [0.2, 0.25) is 0 Å². The molecule has 0 fully saturated rings. The molecule has 3 heteroatoms. The maximum atomic E-state index is 5.92. The number of nitrogens with zero attached hydrogens (tertiary/aromatic N) is 2. The van der Waals surface area contributed by atoms with Crippen LogP contribution < -0.4 is 5.73 Å². The lowest BCUT2D eigenvalue weighted by atomic mass is 10.1. The summed E-state index contributed by atoms with van der Waals surface area (Å²) in [5.41, 5.74) is 11.7. The molecule has 0 amide bonds. The predicted octanol–water partition coefficient (Wildman–Crippen LogP) is 2.89. The SMILES string of the molecule is Cc1cccn2c(CN)c(CCc3ccccc3)nc12. The van der Waals surface area contributed by atoms with Crippen molar-refractivity contribution < 1.29 is 0 Å². The molecule has 0 spiro atoms. The van der Waals surface area contributed by atoms with Gasteiger partial charge in [0.15, 0.2) is 0 Å². The van der Waals surface area contributed by atoms with E-state index in [4.69, 9.17) is 10.7 Å². The first kappa shape index (κ1) is 12.9. The van der Waals surface area contributed by atoms with Crippen LogP contribution in [0.5, 0.6) is 0 Å². The van der Waals surface area contributed by atoms with E-state index in [-0.39, 0.29) is 0 Å². The van der Waals surface area contributed by atoms with Crippen molar-refractivity contribution in [2.45, 2.75) is 26.3 Å². The minimum Gasteiger partial charge on any atom is -0.325 e. The number of nitrogens with two attached hydrogens (primary N) is 1. The van der Waals surface area contributed by atoms with Crippen LogP contribution in [0.25, 0.3) is 5.65 Å². The molecule has 2 aromatic heterocycles. The molecule has 0 radical (unpaired) electrons. The van der Waals surface area contributed by atoms with E-state index in [1.54, 1.807) is 0 Å². The molecule has 102 valence electrons. The summed E-state index contributed by atoms with van der Waals surface area (Å²) in [5, 5.41) is 0. The Morgan fingerprint density at radius 1 is 1.05 bits per heavy atom. The van der Waals surface area contributed by atoms with Crippen molar-refractivity contribution in [3.63, 3.8) is 0 Å². The molecule has 0 saturated carbocycles. The Bertz CT molecular complexity index is 714. The van der Waals surface area contributed by atoms with Crippen molar-refractivity contribution in [2.75, 3.05) is 0 Å². The third-order valence-electron chi connectivity index (χ3n) is 3.71. The monoisotopic (exact) mass is 265 g/mol. The highest BCUT2D eigenvalue weighted by molar-refractivity contribution is 5.50. The van der Waals surface area contributed by atoms with E-state index < -0.39 is 0 Å². The predicted molar refractivity (Wildman–Crippen MR) is 81.7 cm³/mol. The van der Waals surface area contributed by atoms with Gasteiger partial charge in [-0.05, 0) is 37.0 Å². The fourth-order valence-electron chi connectivity index (χ4n) is 2.62. The summed E-state index contributed by atoms with van der Waals surface area (Å²) >= 11 is 0. The highest BCUT2D eigenvalue weighted by atomic mass is 15.0. The van der Waals surface area contributed by atoms with E-state index in [2.05, 4.69) is 41.7 Å². The second-order valence-corrected chi connectivity index (χ2v) is 5.08. The second kappa shape index (κ2) is 5.47. The summed E-state index contributed by atoms with van der Waals surface area (Å²) < 4.78 is 2.12. The van der Waals surface area contributed by atoms with E-state index in [1.807, 2.05) is 18.3 Å². The number of pyridine rings is 1. The van der Waals surface area contributed by atoms with E-state index in [0.29, 0.717) is 6.54 Å². The number of aryl methyl sites for hydroxylation is 3. The van der Waals surface area contributed by atoms with Crippen LogP contribution in [-0.2, 0) is 19.4 Å². The third-order valence-corrected chi connectivity index (χ3v) is 3.71. The number of hydrogen-bond donors (Lipinski definition) is 1. The molecule has 0 atom stereocenters. The van der Waals surface area contributed by atoms with Gasteiger partial charge in [-0.25, -0.2) is 4.98 Å². The van der Waals surface area contributed by atoms with Gasteiger partial charge < -0.3 is 10.1 Å². The first-order valence-electron chi connectivity index (χ1n) is 6.99. The lowest BCUT2D eigenvalue weighted by Gasteiger charge is -2.03. The molecular weight excluding hydrogens is 246 g/mol. The molecule has 0 aliphatic rings. The number of benzene rings is 1. The van der Waals surface area contributed by atoms with Crippen molar-refractivity contribution in [2.24, 2.45) is 5.73 Å². The van der Waals surface area contributed by atoms with E-state index in [9.17, 15) is 0 Å². The summed E-state index contributed by atoms with van der Waals surface area (Å²) in [7, 11) is 0. The average molecular weight is 265 g/mol. The van der Waals surface area contributed by atoms with Crippen LogP contribution in [0.15, 0.2) is 48.7 Å². The summed E-state index contributed by atoms with van der Waals surface area (Å²) in [6.07, 6.45) is 3.97. The van der Waals surface area contributed by atoms with Crippen LogP contribution in [0.3, 0.4) is 0 Å². The van der Waals surface area contributed by atoms with Crippen molar-refractivity contribution in [1.82, 2.24) is 9.38 Å². The van der Waals surface area contributed by atoms with Crippen molar-refractivity contribution in [3.8, 4) is 0 Å². The quantitative estimate of drug-likeness (QED) is 0.788. The zero-order valence-electron chi connectivity index (χ0n) is 11.7. The molecule has 0 unspecified atom stereocenters. The Morgan fingerprint density at radius 2 is 1.85 bits per heavy atom. The minimum absolute atomic E-state index is 0.523. The molecule has 3 nitrogen and oxygen atoms in total. The van der Waals surface area contributed by atoms with Crippen LogP contribution in [-0.4, -0.2) is 9.38 Å². The number of aromatic nitrogens is 2. The molecule has 2 N–H and O–H groups in total. The van der Waals surface area contributed by atoms with Gasteiger partial charge in [0.05, 0.1) is 11.4 Å². The Balaban J connectivity index is 1.93. The van der Waals surface area contributed by atoms with Crippen molar-refractivity contribution in [3.05, 3.63) is 71.2 Å². The summed E-state index contributed by atoms with van der Waals surface area (Å²) in [5.74, 6) is 0. The van der Waals surface area contributed by atoms with Gasteiger partial charge in [-0.3, -0.25) is 0 Å². The van der Waals surface area contributed by atoms with Crippen LogP contribution >= 0.6 is 0 Å². The molecule has 20 heavy (non-hydrogen) atoms. The number of imidazole rings is 1. The summed E-state index contributed by atoms with van der Waals surface area (Å²) in [6.45, 7) is 2.61. The fraction of sp³-hybridized carbons (Fsp3) is 0.235. The van der Waals surface area contributed by atoms with Gasteiger partial charge in [-0.15, -0.1) is 0 Å². The van der Waals surface area contributed by atoms with Gasteiger partial charge in [-0.2, -0.15) is 0 Å². The van der Waals surface area contributed by atoms with Gasteiger partial charge in [0.2, 0.25) is 0 Å². The molecule has 0 saturated heterocycles. The zero-order valence-corrected chi connectivity index (χ0v) is 11.7. The van der Waals surface area contributed by atoms with Crippen molar-refractivity contribution >= 4 is 5.65 Å². The molecule has 3 rings (SSSR count). The standard InChI is InChI=1S/C17H19N3/c1-13-6-5-11-20-16(12-18)15(19-17(13)20)10-9-14-7-3-2-4-8-14/h2-8,11H,9-10,12,18H2,1H3. The first-order valence-corrected chi connectivity index (χ1v) is 6.99. The molecule has 3 aromatic rings. The average Bonchev–Trinajstić information content (AvgIpc) is 2.85. The highest BCUT2D eigenvalue weighted by Gasteiger charge is 2.11. The lowest BCUT2D eigenvalue weighted by Crippen LogP contribution is -2.05. The molecule has 0 bridgehead atoms. The van der Waals surface area contributed by atoms with Crippen LogP contribution in [0.4, 0.5) is 0 Å². The molecule has 0 aliphatic heterocycles.